The maximum absolute atomic E-state index is 13.5. The Bertz CT molecular complexity index is 928. The number of amides is 3. The molecule has 1 aliphatic carbocycles. The highest BCUT2D eigenvalue weighted by Gasteiger charge is 2.34. The Labute approximate surface area is 240 Å². The fraction of sp³-hybridized carbons (Fsp3) is 0.679. The van der Waals surface area contributed by atoms with E-state index in [4.69, 9.17) is 4.74 Å². The van der Waals surface area contributed by atoms with E-state index in [1.807, 2.05) is 36.6 Å². The molecule has 1 saturated carbocycles. The minimum absolute atomic E-state index is 0.250. The fourth-order valence-corrected chi connectivity index (χ4v) is 5.94. The van der Waals surface area contributed by atoms with Crippen molar-refractivity contribution in [1.82, 2.24) is 20.9 Å². The highest BCUT2D eigenvalue weighted by Crippen LogP contribution is 2.28. The van der Waals surface area contributed by atoms with Crippen molar-refractivity contribution >= 4 is 29.7 Å². The molecule has 0 aromatic heterocycles. The zero-order chi connectivity index (χ0) is 28.9. The van der Waals surface area contributed by atoms with Crippen LogP contribution >= 0.6 is 11.8 Å². The van der Waals surface area contributed by atoms with Gasteiger partial charge in [0.15, 0.2) is 6.10 Å². The number of carboxylic acids is 1. The van der Waals surface area contributed by atoms with Crippen LogP contribution in [-0.4, -0.2) is 107 Å². The number of carbonyl (C=O) groups is 3. The maximum atomic E-state index is 13.5. The quantitative estimate of drug-likeness (QED) is 0.178. The Kier molecular flexibility index (Phi) is 13.5. The molecule has 11 nitrogen and oxygen atoms in total. The molecule has 1 saturated heterocycles. The predicted molar refractivity (Wildman–Crippen MR) is 153 cm³/mol. The van der Waals surface area contributed by atoms with Gasteiger partial charge in [0.25, 0.3) is 0 Å². The normalized spacial score (nSPS) is 20.1. The molecule has 1 aromatic rings. The second-order valence-corrected chi connectivity index (χ2v) is 11.5. The number of aliphatic hydroxyl groups excluding tert-OH is 2. The van der Waals surface area contributed by atoms with Gasteiger partial charge >= 0.3 is 12.0 Å². The van der Waals surface area contributed by atoms with Crippen molar-refractivity contribution < 1.29 is 34.4 Å². The molecule has 1 aromatic carbocycles. The summed E-state index contributed by atoms with van der Waals surface area (Å²) in [6.07, 6.45) is 4.67. The SMILES string of the molecule is CSCC(NC(=O)C(Cc1ccccc1)NC(=O)N1CCOCC1)C(O)NC(CC1CCCCC1)C(O)C(=O)O. The number of thioether (sulfide) groups is 1. The van der Waals surface area contributed by atoms with Crippen LogP contribution in [0.2, 0.25) is 0 Å². The minimum atomic E-state index is -1.69. The molecule has 5 unspecified atom stereocenters. The van der Waals surface area contributed by atoms with E-state index in [0.29, 0.717) is 38.5 Å². The number of rotatable bonds is 14. The van der Waals surface area contributed by atoms with Crippen LogP contribution in [0, 0.1) is 5.92 Å². The van der Waals surface area contributed by atoms with E-state index in [0.717, 1.165) is 37.7 Å². The lowest BCUT2D eigenvalue weighted by atomic mass is 9.83. The van der Waals surface area contributed by atoms with Crippen LogP contribution in [0.1, 0.15) is 44.1 Å². The lowest BCUT2D eigenvalue weighted by molar-refractivity contribution is -0.149. The van der Waals surface area contributed by atoms with Gasteiger partial charge < -0.3 is 35.6 Å². The average Bonchev–Trinajstić information content (AvgIpc) is 2.97. The van der Waals surface area contributed by atoms with E-state index >= 15 is 0 Å². The summed E-state index contributed by atoms with van der Waals surface area (Å²) in [5, 5.41) is 39.6. The summed E-state index contributed by atoms with van der Waals surface area (Å²) in [4.78, 5) is 39.7. The summed E-state index contributed by atoms with van der Waals surface area (Å²) in [5.41, 5.74) is 0.863. The third-order valence-electron chi connectivity index (χ3n) is 7.58. The van der Waals surface area contributed by atoms with Gasteiger partial charge in [-0.2, -0.15) is 11.8 Å². The van der Waals surface area contributed by atoms with Crippen molar-refractivity contribution in [3.05, 3.63) is 35.9 Å². The highest BCUT2D eigenvalue weighted by molar-refractivity contribution is 7.98. The first kappa shape index (κ1) is 32.1. The van der Waals surface area contributed by atoms with Crippen LogP contribution in [0.5, 0.6) is 0 Å². The van der Waals surface area contributed by atoms with E-state index < -0.39 is 42.3 Å². The van der Waals surface area contributed by atoms with E-state index in [1.165, 1.54) is 11.8 Å². The number of ether oxygens (including phenoxy) is 1. The number of carboxylic acid groups (broad SMARTS) is 1. The van der Waals surface area contributed by atoms with Gasteiger partial charge in [-0.3, -0.25) is 10.1 Å². The summed E-state index contributed by atoms with van der Waals surface area (Å²) >= 11 is 1.41. The Morgan fingerprint density at radius 1 is 1.02 bits per heavy atom. The maximum Gasteiger partial charge on any atom is 0.334 e. The predicted octanol–water partition coefficient (Wildman–Crippen LogP) is 1.18. The van der Waals surface area contributed by atoms with Gasteiger partial charge in [-0.15, -0.1) is 0 Å². The third kappa shape index (κ3) is 10.2. The zero-order valence-corrected chi connectivity index (χ0v) is 24.0. The second kappa shape index (κ2) is 16.8. The summed E-state index contributed by atoms with van der Waals surface area (Å²) in [5.74, 6) is -1.24. The fourth-order valence-electron chi connectivity index (χ4n) is 5.32. The van der Waals surface area contributed by atoms with Gasteiger partial charge in [-0.05, 0) is 24.2 Å². The topological polar surface area (TPSA) is 160 Å². The minimum Gasteiger partial charge on any atom is -0.479 e. The number of carbonyl (C=O) groups excluding carboxylic acids is 2. The van der Waals surface area contributed by atoms with E-state index in [2.05, 4.69) is 16.0 Å². The number of benzene rings is 1. The Morgan fingerprint density at radius 3 is 2.33 bits per heavy atom. The van der Waals surface area contributed by atoms with Crippen LogP contribution in [0.4, 0.5) is 4.79 Å². The van der Waals surface area contributed by atoms with E-state index in [-0.39, 0.29) is 18.4 Å². The van der Waals surface area contributed by atoms with Gasteiger partial charge in [0.05, 0.1) is 19.3 Å². The largest absolute Gasteiger partial charge is 0.479 e. The molecule has 40 heavy (non-hydrogen) atoms. The van der Waals surface area contributed by atoms with Crippen molar-refractivity contribution in [2.75, 3.05) is 38.3 Å². The van der Waals surface area contributed by atoms with Crippen molar-refractivity contribution in [3.8, 4) is 0 Å². The van der Waals surface area contributed by atoms with Crippen LogP contribution in [-0.2, 0) is 20.7 Å². The van der Waals surface area contributed by atoms with Crippen molar-refractivity contribution in [1.29, 1.82) is 0 Å². The molecule has 3 amide bonds. The lowest BCUT2D eigenvalue weighted by Gasteiger charge is -2.34. The highest BCUT2D eigenvalue weighted by atomic mass is 32.2. The molecular weight excluding hydrogens is 536 g/mol. The summed E-state index contributed by atoms with van der Waals surface area (Å²) in [6, 6.07) is 6.40. The zero-order valence-electron chi connectivity index (χ0n) is 23.2. The number of nitrogens with one attached hydrogen (secondary N) is 3. The van der Waals surface area contributed by atoms with Crippen LogP contribution in [0.3, 0.4) is 0 Å². The molecule has 3 rings (SSSR count). The van der Waals surface area contributed by atoms with Crippen molar-refractivity contribution in [2.45, 2.75) is 75.4 Å². The van der Waals surface area contributed by atoms with E-state index in [1.54, 1.807) is 4.90 Å². The molecule has 0 bridgehead atoms. The first-order chi connectivity index (χ1) is 19.3. The number of aliphatic carboxylic acids is 1. The monoisotopic (exact) mass is 580 g/mol. The summed E-state index contributed by atoms with van der Waals surface area (Å²) in [6.45, 7) is 1.72. The van der Waals surface area contributed by atoms with Gasteiger partial charge in [-0.25, -0.2) is 9.59 Å². The lowest BCUT2D eigenvalue weighted by Crippen LogP contribution is -2.61. The molecule has 0 radical (unpaired) electrons. The smallest absolute Gasteiger partial charge is 0.334 e. The molecule has 6 N–H and O–H groups in total. The number of hydrogen-bond acceptors (Lipinski definition) is 8. The number of nitrogens with zero attached hydrogens (tertiary/aromatic N) is 1. The number of morpholine rings is 1. The molecule has 5 atom stereocenters. The van der Waals surface area contributed by atoms with Crippen LogP contribution in [0.15, 0.2) is 30.3 Å². The second-order valence-electron chi connectivity index (χ2n) is 10.6. The van der Waals surface area contributed by atoms with Gasteiger partial charge in [-0.1, -0.05) is 62.4 Å². The van der Waals surface area contributed by atoms with Crippen LogP contribution in [0.25, 0.3) is 0 Å². The summed E-state index contributed by atoms with van der Waals surface area (Å²) in [7, 11) is 0. The molecule has 2 aliphatic rings. The third-order valence-corrected chi connectivity index (χ3v) is 8.27. The molecule has 224 valence electrons. The van der Waals surface area contributed by atoms with Crippen molar-refractivity contribution in [3.63, 3.8) is 0 Å². The Balaban J connectivity index is 1.71. The molecule has 0 spiro atoms. The summed E-state index contributed by atoms with van der Waals surface area (Å²) < 4.78 is 5.32. The number of aliphatic hydroxyl groups is 2. The first-order valence-electron chi connectivity index (χ1n) is 14.1. The van der Waals surface area contributed by atoms with Crippen molar-refractivity contribution in [2.24, 2.45) is 5.92 Å². The standard InChI is InChI=1S/C28H44N4O7S/c1-40-18-23(26(35)29-21(24(33)27(36)37)16-19-8-4-2-5-9-19)30-25(34)22(17-20-10-6-3-7-11-20)31-28(38)32-12-14-39-15-13-32/h3,6-7,10-11,19,21-24,26,29,33,35H,2,4-5,8-9,12-18H2,1H3,(H,30,34)(H,31,38)(H,36,37). The molecule has 2 fully saturated rings. The van der Waals surface area contributed by atoms with E-state index in [9.17, 15) is 29.7 Å². The molecular formula is C28H44N4O7S. The molecule has 1 heterocycles. The molecule has 12 heteroatoms. The molecule has 1 aliphatic heterocycles. The first-order valence-corrected chi connectivity index (χ1v) is 15.5. The number of urea groups is 1. The Morgan fingerprint density at radius 2 is 1.70 bits per heavy atom. The van der Waals surface area contributed by atoms with Crippen LogP contribution < -0.4 is 16.0 Å². The van der Waals surface area contributed by atoms with Gasteiger partial charge in [0.2, 0.25) is 5.91 Å². The van der Waals surface area contributed by atoms with Gasteiger partial charge in [0, 0.05) is 31.3 Å². The Hall–Kier alpha value is -2.38. The number of hydrogen-bond donors (Lipinski definition) is 6. The van der Waals surface area contributed by atoms with Gasteiger partial charge in [0.1, 0.15) is 12.3 Å². The average molecular weight is 581 g/mol.